The molecule has 0 saturated carbocycles. The smallest absolute Gasteiger partial charge is 0.0594 e. The van der Waals surface area contributed by atoms with Gasteiger partial charge in [0.05, 0.1) is 13.2 Å². The molecule has 1 fully saturated rings. The number of aryl methyl sites for hydroxylation is 2. The lowest BCUT2D eigenvalue weighted by Crippen LogP contribution is -2.36. The summed E-state index contributed by atoms with van der Waals surface area (Å²) in [7, 11) is 0. The number of allylic oxidation sites excluding steroid dienone is 2. The van der Waals surface area contributed by atoms with Crippen molar-refractivity contribution in [2.75, 3.05) is 32.8 Å². The number of nitrogens with zero attached hydrogens (tertiary/aromatic N) is 1. The number of hydrogen-bond donors (Lipinski definition) is 0. The molecule has 1 aliphatic heterocycles. The Morgan fingerprint density at radius 3 is 2.50 bits per heavy atom. The molecule has 30 heavy (non-hydrogen) atoms. The van der Waals surface area contributed by atoms with Crippen molar-refractivity contribution in [3.05, 3.63) is 88.5 Å². The average Bonchev–Trinajstić information content (AvgIpc) is 3.38. The van der Waals surface area contributed by atoms with Crippen molar-refractivity contribution in [2.24, 2.45) is 0 Å². The van der Waals surface area contributed by atoms with Crippen molar-refractivity contribution in [2.45, 2.75) is 19.3 Å². The van der Waals surface area contributed by atoms with Gasteiger partial charge in [0.2, 0.25) is 0 Å². The van der Waals surface area contributed by atoms with E-state index in [-0.39, 0.29) is 0 Å². The Morgan fingerprint density at radius 1 is 0.833 bits per heavy atom. The van der Waals surface area contributed by atoms with E-state index in [1.807, 2.05) is 0 Å². The molecule has 0 N–H and O–H groups in total. The van der Waals surface area contributed by atoms with Crippen molar-refractivity contribution in [3.8, 4) is 0 Å². The summed E-state index contributed by atoms with van der Waals surface area (Å²) in [6.45, 7) is 4.95. The van der Waals surface area contributed by atoms with Crippen LogP contribution in [0.25, 0.3) is 28.0 Å². The molecule has 0 amide bonds. The first-order valence-electron chi connectivity index (χ1n) is 11.2. The highest BCUT2D eigenvalue weighted by atomic mass is 16.5. The summed E-state index contributed by atoms with van der Waals surface area (Å²) in [5.41, 5.74) is 9.96. The van der Waals surface area contributed by atoms with E-state index in [4.69, 9.17) is 4.74 Å². The minimum Gasteiger partial charge on any atom is -0.379 e. The van der Waals surface area contributed by atoms with Crippen LogP contribution in [0.3, 0.4) is 0 Å². The van der Waals surface area contributed by atoms with E-state index in [2.05, 4.69) is 71.6 Å². The third-order valence-corrected chi connectivity index (χ3v) is 6.94. The van der Waals surface area contributed by atoms with Gasteiger partial charge in [0.25, 0.3) is 0 Å². The van der Waals surface area contributed by atoms with Crippen LogP contribution in [0.1, 0.15) is 34.2 Å². The highest BCUT2D eigenvalue weighted by Gasteiger charge is 2.20. The van der Waals surface area contributed by atoms with E-state index < -0.39 is 0 Å². The highest BCUT2D eigenvalue weighted by Crippen LogP contribution is 2.40. The minimum absolute atomic E-state index is 0.867. The Morgan fingerprint density at radius 2 is 1.63 bits per heavy atom. The maximum absolute atomic E-state index is 5.50. The van der Waals surface area contributed by atoms with E-state index in [0.29, 0.717) is 0 Å². The number of rotatable bonds is 4. The van der Waals surface area contributed by atoms with E-state index in [9.17, 15) is 0 Å². The second kappa shape index (κ2) is 7.54. The van der Waals surface area contributed by atoms with Gasteiger partial charge < -0.3 is 4.74 Å². The lowest BCUT2D eigenvalue weighted by molar-refractivity contribution is 0.0390. The quantitative estimate of drug-likeness (QED) is 0.572. The molecule has 1 saturated heterocycles. The SMILES string of the molecule is C(=C1C=C(CCN2CCOCC2)c2ccccc21)c1ccc2c3c(cccc13)CC2. The summed E-state index contributed by atoms with van der Waals surface area (Å²) in [5, 5.41) is 2.90. The molecule has 0 spiro atoms. The first-order chi connectivity index (χ1) is 14.9. The van der Waals surface area contributed by atoms with Crippen molar-refractivity contribution in [1.29, 1.82) is 0 Å². The second-order valence-electron chi connectivity index (χ2n) is 8.67. The Labute approximate surface area is 178 Å². The van der Waals surface area contributed by atoms with Gasteiger partial charge in [0.1, 0.15) is 0 Å². The lowest BCUT2D eigenvalue weighted by Gasteiger charge is -2.26. The highest BCUT2D eigenvalue weighted by molar-refractivity contribution is 6.06. The standard InChI is InChI=1S/C28H27NO/c1-2-6-26-24(19-23(25(26)5-1)12-13-29-14-16-30-17-15-29)18-22-11-10-21-9-8-20-4-3-7-27(22)28(20)21/h1-7,10-11,18-19H,8-9,12-17H2. The Balaban J connectivity index is 1.37. The van der Waals surface area contributed by atoms with E-state index in [1.165, 1.54) is 62.6 Å². The van der Waals surface area contributed by atoms with E-state index >= 15 is 0 Å². The van der Waals surface area contributed by atoms with Crippen LogP contribution in [0, 0.1) is 0 Å². The zero-order chi connectivity index (χ0) is 19.9. The summed E-state index contributed by atoms with van der Waals surface area (Å²) in [6, 6.07) is 20.4. The van der Waals surface area contributed by atoms with Crippen LogP contribution in [-0.2, 0) is 17.6 Å². The third kappa shape index (κ3) is 3.12. The largest absolute Gasteiger partial charge is 0.379 e. The second-order valence-corrected chi connectivity index (χ2v) is 8.67. The number of morpholine rings is 1. The van der Waals surface area contributed by atoms with E-state index in [1.54, 1.807) is 0 Å². The van der Waals surface area contributed by atoms with Gasteiger partial charge in [-0.05, 0) is 75.1 Å². The normalized spacial score (nSPS) is 19.5. The number of hydrogen-bond acceptors (Lipinski definition) is 2. The molecule has 0 atom stereocenters. The van der Waals surface area contributed by atoms with Crippen LogP contribution in [0.5, 0.6) is 0 Å². The molecule has 1 heterocycles. The minimum atomic E-state index is 0.867. The molecule has 2 nitrogen and oxygen atoms in total. The molecular formula is C28H27NO. The predicted octanol–water partition coefficient (Wildman–Crippen LogP) is 5.60. The van der Waals surface area contributed by atoms with Gasteiger partial charge in [-0.25, -0.2) is 0 Å². The third-order valence-electron chi connectivity index (χ3n) is 6.94. The molecule has 3 aromatic carbocycles. The van der Waals surface area contributed by atoms with E-state index in [0.717, 1.165) is 39.3 Å². The molecule has 2 heteroatoms. The van der Waals surface area contributed by atoms with Crippen molar-refractivity contribution in [3.63, 3.8) is 0 Å². The summed E-state index contributed by atoms with van der Waals surface area (Å²) < 4.78 is 5.50. The molecule has 0 unspecified atom stereocenters. The Bertz CT molecular complexity index is 1170. The number of ether oxygens (including phenoxy) is 1. The van der Waals surface area contributed by atoms with Crippen molar-refractivity contribution >= 4 is 28.0 Å². The topological polar surface area (TPSA) is 12.5 Å². The van der Waals surface area contributed by atoms with Gasteiger partial charge in [-0.3, -0.25) is 4.90 Å². The van der Waals surface area contributed by atoms with Crippen LogP contribution in [-0.4, -0.2) is 37.7 Å². The van der Waals surface area contributed by atoms with Crippen LogP contribution < -0.4 is 0 Å². The van der Waals surface area contributed by atoms with Crippen LogP contribution in [0.4, 0.5) is 0 Å². The molecule has 0 aromatic heterocycles. The summed E-state index contributed by atoms with van der Waals surface area (Å²) in [6.07, 6.45) is 8.29. The fourth-order valence-corrected chi connectivity index (χ4v) is 5.35. The maximum atomic E-state index is 5.50. The Kier molecular flexibility index (Phi) is 4.55. The van der Waals surface area contributed by atoms with Crippen LogP contribution >= 0.6 is 0 Å². The molecule has 150 valence electrons. The molecule has 3 aromatic rings. The van der Waals surface area contributed by atoms with Gasteiger partial charge in [0, 0.05) is 19.6 Å². The van der Waals surface area contributed by atoms with Gasteiger partial charge in [-0.1, -0.05) is 60.7 Å². The van der Waals surface area contributed by atoms with Gasteiger partial charge >= 0.3 is 0 Å². The fourth-order valence-electron chi connectivity index (χ4n) is 5.35. The lowest BCUT2D eigenvalue weighted by atomic mass is 9.97. The maximum Gasteiger partial charge on any atom is 0.0594 e. The average molecular weight is 394 g/mol. The molecule has 0 radical (unpaired) electrons. The van der Waals surface area contributed by atoms with Crippen molar-refractivity contribution < 1.29 is 4.74 Å². The summed E-state index contributed by atoms with van der Waals surface area (Å²) >= 11 is 0. The number of benzene rings is 3. The molecular weight excluding hydrogens is 366 g/mol. The van der Waals surface area contributed by atoms with Gasteiger partial charge in [0.15, 0.2) is 0 Å². The van der Waals surface area contributed by atoms with Crippen LogP contribution in [0.2, 0.25) is 0 Å². The first kappa shape index (κ1) is 18.1. The summed E-state index contributed by atoms with van der Waals surface area (Å²) in [4.78, 5) is 2.53. The van der Waals surface area contributed by atoms with Gasteiger partial charge in [-0.2, -0.15) is 0 Å². The summed E-state index contributed by atoms with van der Waals surface area (Å²) in [5.74, 6) is 0. The Hall–Kier alpha value is -2.68. The first-order valence-corrected chi connectivity index (χ1v) is 11.2. The zero-order valence-electron chi connectivity index (χ0n) is 17.4. The molecule has 0 bridgehead atoms. The van der Waals surface area contributed by atoms with Crippen LogP contribution in [0.15, 0.2) is 60.7 Å². The predicted molar refractivity (Wildman–Crippen MR) is 126 cm³/mol. The fraction of sp³-hybridized carbons (Fsp3) is 0.286. The monoisotopic (exact) mass is 393 g/mol. The molecule has 6 rings (SSSR count). The zero-order valence-corrected chi connectivity index (χ0v) is 17.4. The molecule has 2 aliphatic carbocycles. The molecule has 3 aliphatic rings. The van der Waals surface area contributed by atoms with Gasteiger partial charge in [-0.15, -0.1) is 0 Å². The van der Waals surface area contributed by atoms with Crippen molar-refractivity contribution in [1.82, 2.24) is 4.90 Å². The number of fused-ring (bicyclic) bond motifs is 1.